The molecule has 2 nitrogen and oxygen atoms in total. The maximum atomic E-state index is 9.75. The van der Waals surface area contributed by atoms with Gasteiger partial charge in [0.25, 0.3) is 0 Å². The average Bonchev–Trinajstić information content (AvgIpc) is 2.46. The highest BCUT2D eigenvalue weighted by Gasteiger charge is 2.33. The molecule has 2 aliphatic rings. The Kier molecular flexibility index (Phi) is 4.37. The van der Waals surface area contributed by atoms with Gasteiger partial charge in [0.15, 0.2) is 0 Å². The molecule has 1 saturated carbocycles. The quantitative estimate of drug-likeness (QED) is 0.848. The summed E-state index contributed by atoms with van der Waals surface area (Å²) in [6.07, 6.45) is 7.87. The fraction of sp³-hybridized carbons (Fsp3) is 0.647. The molecule has 1 aliphatic carbocycles. The van der Waals surface area contributed by atoms with Gasteiger partial charge in [0.05, 0.1) is 6.10 Å². The standard InChI is InChI=1S/C17H24BrNO/c1-12(20)15-9-8-14(11-16(15)18)19-10-4-6-13-5-2-3-7-17(13)19/h8-9,11-13,17,20H,2-7,10H2,1H3/t12?,13-,17-/m1/s1. The Morgan fingerprint density at radius 3 is 2.70 bits per heavy atom. The summed E-state index contributed by atoms with van der Waals surface area (Å²) in [4.78, 5) is 2.61. The fourth-order valence-electron chi connectivity index (χ4n) is 3.98. The molecular formula is C17H24BrNO. The van der Waals surface area contributed by atoms with Crippen molar-refractivity contribution in [2.24, 2.45) is 5.92 Å². The minimum atomic E-state index is -0.415. The number of benzene rings is 1. The lowest BCUT2D eigenvalue weighted by Crippen LogP contribution is -2.46. The summed E-state index contributed by atoms with van der Waals surface area (Å²) in [6.45, 7) is 3.00. The van der Waals surface area contributed by atoms with Gasteiger partial charge in [0, 0.05) is 22.7 Å². The lowest BCUT2D eigenvalue weighted by atomic mass is 9.78. The number of fused-ring (bicyclic) bond motifs is 1. The monoisotopic (exact) mass is 337 g/mol. The van der Waals surface area contributed by atoms with Gasteiger partial charge in [0.1, 0.15) is 0 Å². The molecule has 1 saturated heterocycles. The molecule has 0 amide bonds. The molecule has 1 aromatic rings. The van der Waals surface area contributed by atoms with Crippen molar-refractivity contribution in [2.45, 2.75) is 57.6 Å². The van der Waals surface area contributed by atoms with Crippen molar-refractivity contribution in [2.75, 3.05) is 11.4 Å². The van der Waals surface area contributed by atoms with Crippen LogP contribution in [-0.4, -0.2) is 17.7 Å². The van der Waals surface area contributed by atoms with Crippen LogP contribution in [0.3, 0.4) is 0 Å². The summed E-state index contributed by atoms with van der Waals surface area (Å²) < 4.78 is 1.03. The molecule has 0 aromatic heterocycles. The van der Waals surface area contributed by atoms with E-state index in [0.717, 1.165) is 22.0 Å². The van der Waals surface area contributed by atoms with E-state index in [4.69, 9.17) is 0 Å². The third-order valence-electron chi connectivity index (χ3n) is 5.01. The summed E-state index contributed by atoms with van der Waals surface area (Å²) >= 11 is 3.62. The smallest absolute Gasteiger partial charge is 0.0772 e. The summed E-state index contributed by atoms with van der Waals surface area (Å²) in [5, 5.41) is 9.75. The molecule has 110 valence electrons. The van der Waals surface area contributed by atoms with Gasteiger partial charge in [0.2, 0.25) is 0 Å². The van der Waals surface area contributed by atoms with Gasteiger partial charge in [-0.2, -0.15) is 0 Å². The van der Waals surface area contributed by atoms with E-state index < -0.39 is 6.10 Å². The molecule has 1 heterocycles. The number of piperidine rings is 1. The number of nitrogens with zero attached hydrogens (tertiary/aromatic N) is 1. The summed E-state index contributed by atoms with van der Waals surface area (Å²) in [5.41, 5.74) is 2.30. The normalized spacial score (nSPS) is 28.1. The van der Waals surface area contributed by atoms with Gasteiger partial charge in [-0.15, -0.1) is 0 Å². The van der Waals surface area contributed by atoms with Gasteiger partial charge in [-0.25, -0.2) is 0 Å². The second-order valence-corrected chi connectivity index (χ2v) is 7.18. The van der Waals surface area contributed by atoms with Crippen LogP contribution >= 0.6 is 15.9 Å². The number of aliphatic hydroxyl groups excluding tert-OH is 1. The van der Waals surface area contributed by atoms with E-state index in [1.807, 2.05) is 6.92 Å². The van der Waals surface area contributed by atoms with Crippen LogP contribution in [0.25, 0.3) is 0 Å². The van der Waals surface area contributed by atoms with E-state index in [1.54, 1.807) is 0 Å². The number of anilines is 1. The molecule has 3 rings (SSSR count). The van der Waals surface area contributed by atoms with Gasteiger partial charge in [-0.1, -0.05) is 34.8 Å². The summed E-state index contributed by atoms with van der Waals surface area (Å²) in [6, 6.07) is 7.18. The zero-order chi connectivity index (χ0) is 14.1. The summed E-state index contributed by atoms with van der Waals surface area (Å²) in [7, 11) is 0. The molecule has 1 unspecified atom stereocenters. The Morgan fingerprint density at radius 2 is 1.95 bits per heavy atom. The molecule has 1 aliphatic heterocycles. The molecule has 2 fully saturated rings. The molecule has 0 radical (unpaired) electrons. The average molecular weight is 338 g/mol. The maximum absolute atomic E-state index is 9.75. The van der Waals surface area contributed by atoms with Crippen LogP contribution in [0, 0.1) is 5.92 Å². The van der Waals surface area contributed by atoms with E-state index in [0.29, 0.717) is 0 Å². The van der Waals surface area contributed by atoms with Crippen molar-refractivity contribution in [1.29, 1.82) is 0 Å². The largest absolute Gasteiger partial charge is 0.389 e. The second kappa shape index (κ2) is 6.07. The lowest BCUT2D eigenvalue weighted by molar-refractivity contribution is 0.198. The SMILES string of the molecule is CC(O)c1ccc(N2CCC[C@H]3CCCC[C@H]32)cc1Br. The van der Waals surface area contributed by atoms with Gasteiger partial charge in [-0.05, 0) is 56.2 Å². The number of hydrogen-bond acceptors (Lipinski definition) is 2. The van der Waals surface area contributed by atoms with E-state index in [-0.39, 0.29) is 0 Å². The lowest BCUT2D eigenvalue weighted by Gasteiger charge is -2.45. The Bertz CT molecular complexity index is 472. The first-order chi connectivity index (χ1) is 9.66. The van der Waals surface area contributed by atoms with Crippen LogP contribution in [0.15, 0.2) is 22.7 Å². The highest BCUT2D eigenvalue weighted by atomic mass is 79.9. The molecule has 0 spiro atoms. The number of rotatable bonds is 2. The molecular weight excluding hydrogens is 314 g/mol. The van der Waals surface area contributed by atoms with Crippen LogP contribution in [0.5, 0.6) is 0 Å². The van der Waals surface area contributed by atoms with E-state index >= 15 is 0 Å². The first-order valence-electron chi connectivity index (χ1n) is 7.91. The minimum Gasteiger partial charge on any atom is -0.389 e. The maximum Gasteiger partial charge on any atom is 0.0772 e. The summed E-state index contributed by atoms with van der Waals surface area (Å²) in [5.74, 6) is 0.896. The fourth-order valence-corrected chi connectivity index (χ4v) is 4.68. The first kappa shape index (κ1) is 14.4. The molecule has 3 heteroatoms. The third-order valence-corrected chi connectivity index (χ3v) is 5.70. The number of hydrogen-bond donors (Lipinski definition) is 1. The van der Waals surface area contributed by atoms with Gasteiger partial charge in [-0.3, -0.25) is 0 Å². The van der Waals surface area contributed by atoms with Crippen LogP contribution in [0.2, 0.25) is 0 Å². The van der Waals surface area contributed by atoms with Crippen LogP contribution < -0.4 is 4.90 Å². The van der Waals surface area contributed by atoms with Crippen LogP contribution in [-0.2, 0) is 0 Å². The first-order valence-corrected chi connectivity index (χ1v) is 8.70. The Hall–Kier alpha value is -0.540. The van der Waals surface area contributed by atoms with Crippen molar-refractivity contribution in [3.8, 4) is 0 Å². The Labute approximate surface area is 130 Å². The van der Waals surface area contributed by atoms with Crippen molar-refractivity contribution < 1.29 is 5.11 Å². The van der Waals surface area contributed by atoms with E-state index in [1.165, 1.54) is 50.8 Å². The second-order valence-electron chi connectivity index (χ2n) is 6.33. The molecule has 3 atom stereocenters. The number of aliphatic hydroxyl groups is 1. The Balaban J connectivity index is 1.85. The molecule has 1 N–H and O–H groups in total. The van der Waals surface area contributed by atoms with Crippen molar-refractivity contribution in [3.05, 3.63) is 28.2 Å². The topological polar surface area (TPSA) is 23.5 Å². The molecule has 20 heavy (non-hydrogen) atoms. The van der Waals surface area contributed by atoms with Crippen molar-refractivity contribution in [3.63, 3.8) is 0 Å². The number of halogens is 1. The van der Waals surface area contributed by atoms with Gasteiger partial charge >= 0.3 is 0 Å². The Morgan fingerprint density at radius 1 is 1.20 bits per heavy atom. The van der Waals surface area contributed by atoms with Crippen LogP contribution in [0.1, 0.15) is 57.1 Å². The van der Waals surface area contributed by atoms with E-state index in [9.17, 15) is 5.11 Å². The minimum absolute atomic E-state index is 0.415. The van der Waals surface area contributed by atoms with Crippen LogP contribution in [0.4, 0.5) is 5.69 Å². The predicted molar refractivity (Wildman–Crippen MR) is 87.1 cm³/mol. The highest BCUT2D eigenvalue weighted by molar-refractivity contribution is 9.10. The third kappa shape index (κ3) is 2.75. The van der Waals surface area contributed by atoms with E-state index in [2.05, 4.69) is 39.0 Å². The van der Waals surface area contributed by atoms with Crippen molar-refractivity contribution >= 4 is 21.6 Å². The predicted octanol–water partition coefficient (Wildman–Crippen LogP) is 4.66. The molecule has 1 aromatic carbocycles. The highest BCUT2D eigenvalue weighted by Crippen LogP contribution is 2.39. The zero-order valence-corrected chi connectivity index (χ0v) is 13.8. The van der Waals surface area contributed by atoms with Crippen molar-refractivity contribution in [1.82, 2.24) is 0 Å². The van der Waals surface area contributed by atoms with Gasteiger partial charge < -0.3 is 10.0 Å². The molecule has 0 bridgehead atoms. The zero-order valence-electron chi connectivity index (χ0n) is 12.2.